The number of pyridine rings is 1. The lowest BCUT2D eigenvalue weighted by Gasteiger charge is -2.16. The Morgan fingerprint density at radius 1 is 1.33 bits per heavy atom. The van der Waals surface area contributed by atoms with E-state index in [1.807, 2.05) is 0 Å². The second-order valence-corrected chi connectivity index (χ2v) is 6.07. The predicted octanol–water partition coefficient (Wildman–Crippen LogP) is 2.44. The number of halogens is 1. The number of hydrogen-bond acceptors (Lipinski definition) is 3. The molecule has 1 heterocycles. The first-order valence-electron chi connectivity index (χ1n) is 7.65. The van der Waals surface area contributed by atoms with E-state index < -0.39 is 29.2 Å². The Hall–Kier alpha value is -2.76. The van der Waals surface area contributed by atoms with Crippen LogP contribution in [0.4, 0.5) is 4.39 Å². The van der Waals surface area contributed by atoms with E-state index in [9.17, 15) is 19.1 Å². The molecule has 1 aliphatic rings. The van der Waals surface area contributed by atoms with E-state index in [0.29, 0.717) is 11.1 Å². The number of carboxylic acids is 1. The molecule has 2 aromatic rings. The first kappa shape index (κ1) is 16.1. The summed E-state index contributed by atoms with van der Waals surface area (Å²) in [7, 11) is 0. The van der Waals surface area contributed by atoms with E-state index in [2.05, 4.69) is 10.3 Å². The van der Waals surface area contributed by atoms with Crippen molar-refractivity contribution in [1.29, 1.82) is 0 Å². The summed E-state index contributed by atoms with van der Waals surface area (Å²) in [4.78, 5) is 28.0. The van der Waals surface area contributed by atoms with Gasteiger partial charge in [0, 0.05) is 6.20 Å². The number of aliphatic carboxylic acids is 1. The minimum atomic E-state index is -1.18. The van der Waals surface area contributed by atoms with Gasteiger partial charge in [-0.05, 0) is 30.5 Å². The van der Waals surface area contributed by atoms with Crippen molar-refractivity contribution >= 4 is 11.9 Å². The van der Waals surface area contributed by atoms with Crippen molar-refractivity contribution in [1.82, 2.24) is 10.3 Å². The fraction of sp³-hybridized carbons (Fsp3) is 0.278. The van der Waals surface area contributed by atoms with E-state index in [-0.39, 0.29) is 12.3 Å². The Labute approximate surface area is 138 Å². The molecule has 0 radical (unpaired) electrons. The van der Waals surface area contributed by atoms with Gasteiger partial charge in [0.15, 0.2) is 0 Å². The largest absolute Gasteiger partial charge is 0.481 e. The summed E-state index contributed by atoms with van der Waals surface area (Å²) < 4.78 is 13.2. The van der Waals surface area contributed by atoms with Crippen LogP contribution in [-0.4, -0.2) is 22.0 Å². The molecule has 1 fully saturated rings. The van der Waals surface area contributed by atoms with E-state index in [1.54, 1.807) is 37.3 Å². The molecule has 1 aliphatic carbocycles. The van der Waals surface area contributed by atoms with Crippen molar-refractivity contribution < 1.29 is 19.1 Å². The van der Waals surface area contributed by atoms with Crippen molar-refractivity contribution in [3.05, 3.63) is 65.7 Å². The van der Waals surface area contributed by atoms with Crippen molar-refractivity contribution in [3.63, 3.8) is 0 Å². The maximum absolute atomic E-state index is 13.2. The molecule has 6 heteroatoms. The van der Waals surface area contributed by atoms with Crippen molar-refractivity contribution in [3.8, 4) is 0 Å². The van der Waals surface area contributed by atoms with Crippen LogP contribution in [0.2, 0.25) is 0 Å². The minimum Gasteiger partial charge on any atom is -0.481 e. The van der Waals surface area contributed by atoms with E-state index in [4.69, 9.17) is 0 Å². The number of benzene rings is 1. The van der Waals surface area contributed by atoms with Gasteiger partial charge in [-0.2, -0.15) is 0 Å². The highest BCUT2D eigenvalue weighted by Gasteiger charge is 2.65. The van der Waals surface area contributed by atoms with Gasteiger partial charge < -0.3 is 10.4 Å². The molecule has 24 heavy (non-hydrogen) atoms. The number of nitrogens with zero attached hydrogens (tertiary/aromatic N) is 1. The van der Waals surface area contributed by atoms with Crippen LogP contribution < -0.4 is 5.32 Å². The zero-order chi connectivity index (χ0) is 17.3. The van der Waals surface area contributed by atoms with Gasteiger partial charge in [-0.3, -0.25) is 14.6 Å². The summed E-state index contributed by atoms with van der Waals surface area (Å²) in [6, 6.07) is 9.61. The zero-order valence-electron chi connectivity index (χ0n) is 13.1. The van der Waals surface area contributed by atoms with Gasteiger partial charge >= 0.3 is 5.97 Å². The summed E-state index contributed by atoms with van der Waals surface area (Å²) in [5.41, 5.74) is -0.0204. The van der Waals surface area contributed by atoms with Crippen molar-refractivity contribution in [2.45, 2.75) is 24.8 Å². The molecule has 0 bridgehead atoms. The molecule has 0 spiro atoms. The lowest BCUT2D eigenvalue weighted by Crippen LogP contribution is -2.33. The number of hydrogen-bond donors (Lipinski definition) is 2. The predicted molar refractivity (Wildman–Crippen MR) is 84.6 cm³/mol. The third-order valence-electron chi connectivity index (χ3n) is 4.53. The van der Waals surface area contributed by atoms with Gasteiger partial charge in [0.25, 0.3) is 0 Å². The monoisotopic (exact) mass is 328 g/mol. The highest BCUT2D eigenvalue weighted by atomic mass is 19.1. The van der Waals surface area contributed by atoms with Crippen molar-refractivity contribution in [2.24, 2.45) is 5.92 Å². The maximum atomic E-state index is 13.2. The molecule has 0 saturated heterocycles. The molecule has 3 rings (SSSR count). The quantitative estimate of drug-likeness (QED) is 0.883. The molecular formula is C18H17FN2O3. The third kappa shape index (κ3) is 2.75. The number of amides is 1. The van der Waals surface area contributed by atoms with E-state index in [0.717, 1.165) is 6.20 Å². The summed E-state index contributed by atoms with van der Waals surface area (Å²) in [5.74, 6) is -2.47. The topological polar surface area (TPSA) is 79.3 Å². The van der Waals surface area contributed by atoms with E-state index >= 15 is 0 Å². The Morgan fingerprint density at radius 2 is 2.04 bits per heavy atom. The van der Waals surface area contributed by atoms with Crippen LogP contribution in [0, 0.1) is 11.7 Å². The smallest absolute Gasteiger partial charge is 0.314 e. The first-order valence-corrected chi connectivity index (χ1v) is 7.65. The maximum Gasteiger partial charge on any atom is 0.314 e. The Balaban J connectivity index is 1.76. The van der Waals surface area contributed by atoms with E-state index in [1.165, 1.54) is 12.3 Å². The van der Waals surface area contributed by atoms with Gasteiger partial charge in [0.05, 0.1) is 18.2 Å². The summed E-state index contributed by atoms with van der Waals surface area (Å²) in [5, 5.41) is 12.4. The van der Waals surface area contributed by atoms with Crippen LogP contribution in [0.15, 0.2) is 48.8 Å². The normalized spacial score (nSPS) is 23.3. The van der Waals surface area contributed by atoms with Gasteiger partial charge in [0.2, 0.25) is 5.91 Å². The molecule has 1 saturated carbocycles. The number of rotatable bonds is 5. The van der Waals surface area contributed by atoms with Crippen molar-refractivity contribution in [2.75, 3.05) is 0 Å². The summed E-state index contributed by atoms with van der Waals surface area (Å²) in [6.07, 6.45) is 2.82. The Bertz CT molecular complexity index is 781. The molecular weight excluding hydrogens is 311 g/mol. The van der Waals surface area contributed by atoms with Crippen LogP contribution in [-0.2, 0) is 15.0 Å². The van der Waals surface area contributed by atoms with Gasteiger partial charge in [-0.1, -0.05) is 30.3 Å². The molecule has 1 amide bonds. The van der Waals surface area contributed by atoms with Crippen LogP contribution in [0.3, 0.4) is 0 Å². The number of carbonyl (C=O) groups is 2. The molecule has 5 nitrogen and oxygen atoms in total. The Morgan fingerprint density at radius 3 is 2.67 bits per heavy atom. The van der Waals surface area contributed by atoms with Crippen LogP contribution >= 0.6 is 0 Å². The number of carbonyl (C=O) groups excluding carboxylic acids is 1. The van der Waals surface area contributed by atoms with Crippen LogP contribution in [0.25, 0.3) is 0 Å². The fourth-order valence-corrected chi connectivity index (χ4v) is 3.06. The van der Waals surface area contributed by atoms with Gasteiger partial charge in [-0.15, -0.1) is 0 Å². The summed E-state index contributed by atoms with van der Waals surface area (Å²) in [6.45, 7) is 1.71. The van der Waals surface area contributed by atoms with Crippen LogP contribution in [0.1, 0.15) is 30.5 Å². The minimum absolute atomic E-state index is 0.256. The molecule has 2 N–H and O–H groups in total. The molecule has 1 aromatic heterocycles. The SMILES string of the molecule is C[C@H](NC(=O)[C@@H]1C[C@@]1(C(=O)O)c1ccccc1)c1cncc(F)c1. The fourth-order valence-electron chi connectivity index (χ4n) is 3.06. The Kier molecular flexibility index (Phi) is 4.05. The first-order chi connectivity index (χ1) is 11.4. The lowest BCUT2D eigenvalue weighted by atomic mass is 9.93. The molecule has 3 atom stereocenters. The summed E-state index contributed by atoms with van der Waals surface area (Å²) >= 11 is 0. The molecule has 124 valence electrons. The molecule has 0 unspecified atom stereocenters. The van der Waals surface area contributed by atoms with Gasteiger partial charge in [-0.25, -0.2) is 4.39 Å². The van der Waals surface area contributed by atoms with Gasteiger partial charge in [0.1, 0.15) is 11.2 Å². The highest BCUT2D eigenvalue weighted by Crippen LogP contribution is 2.54. The number of carboxylic acid groups (broad SMARTS) is 1. The number of nitrogens with one attached hydrogen (secondary N) is 1. The highest BCUT2D eigenvalue weighted by molar-refractivity contribution is 5.97. The lowest BCUT2D eigenvalue weighted by molar-refractivity contribution is -0.142. The number of aromatic nitrogens is 1. The van der Waals surface area contributed by atoms with Crippen LogP contribution in [0.5, 0.6) is 0 Å². The average molecular weight is 328 g/mol. The third-order valence-corrected chi connectivity index (χ3v) is 4.53. The standard InChI is InChI=1S/C18H17FN2O3/c1-11(12-7-14(19)10-20-9-12)21-16(22)15-8-18(15,17(23)24)13-5-3-2-4-6-13/h2-7,9-11,15H,8H2,1H3,(H,21,22)(H,23,24)/t11-,15-,18+/m0/s1. The second-order valence-electron chi connectivity index (χ2n) is 6.07. The zero-order valence-corrected chi connectivity index (χ0v) is 13.1. The molecule has 0 aliphatic heterocycles. The molecule has 1 aromatic carbocycles. The average Bonchev–Trinajstić information content (AvgIpc) is 3.33. The second kappa shape index (κ2) is 6.03.